The van der Waals surface area contributed by atoms with Crippen LogP contribution in [0.4, 0.5) is 0 Å². The average molecular weight is 235 g/mol. The Bertz CT molecular complexity index is 339. The molecule has 94 valence electrons. The maximum Gasteiger partial charge on any atom is 0.137 e. The molecular formula is C13H21N3O. The van der Waals surface area contributed by atoms with Crippen molar-refractivity contribution in [2.75, 3.05) is 19.7 Å². The normalized spacial score (nSPS) is 21.4. The lowest BCUT2D eigenvalue weighted by molar-refractivity contribution is 0.199. The van der Waals surface area contributed by atoms with Crippen LogP contribution < -0.4 is 10.5 Å². The number of hydrogen-bond acceptors (Lipinski definition) is 4. The first-order valence-electron chi connectivity index (χ1n) is 6.33. The molecule has 2 heterocycles. The summed E-state index contributed by atoms with van der Waals surface area (Å²) in [5, 5.41) is 0. The van der Waals surface area contributed by atoms with Crippen LogP contribution in [0.3, 0.4) is 0 Å². The molecule has 0 aliphatic carbocycles. The van der Waals surface area contributed by atoms with Gasteiger partial charge < -0.3 is 10.5 Å². The molecule has 1 unspecified atom stereocenters. The van der Waals surface area contributed by atoms with E-state index in [0.29, 0.717) is 12.6 Å². The molecule has 17 heavy (non-hydrogen) atoms. The van der Waals surface area contributed by atoms with Crippen molar-refractivity contribution in [3.05, 3.63) is 24.0 Å². The molecular weight excluding hydrogens is 214 g/mol. The summed E-state index contributed by atoms with van der Waals surface area (Å²) in [5.41, 5.74) is 7.05. The molecule has 0 aromatic carbocycles. The van der Waals surface area contributed by atoms with Crippen LogP contribution in [0, 0.1) is 0 Å². The number of ether oxygens (including phenoxy) is 1. The van der Waals surface area contributed by atoms with Gasteiger partial charge in [0.2, 0.25) is 0 Å². The summed E-state index contributed by atoms with van der Waals surface area (Å²) in [4.78, 5) is 6.78. The predicted molar refractivity (Wildman–Crippen MR) is 67.9 cm³/mol. The summed E-state index contributed by atoms with van der Waals surface area (Å²) in [6.07, 6.45) is 4.13. The standard InChI is InChI=1S/C13H21N3O/c1-2-17-13-6-5-12(15-8-13)10-16-7-3-4-11(14)9-16/h5-6,8,11H,2-4,7,9-10,14H2,1H3. The quantitative estimate of drug-likeness (QED) is 0.857. The van der Waals surface area contributed by atoms with Crippen molar-refractivity contribution >= 4 is 0 Å². The molecule has 1 fully saturated rings. The Balaban J connectivity index is 1.89. The van der Waals surface area contributed by atoms with Gasteiger partial charge in [0.1, 0.15) is 5.75 Å². The predicted octanol–water partition coefficient (Wildman–Crippen LogP) is 1.40. The van der Waals surface area contributed by atoms with Gasteiger partial charge in [-0.3, -0.25) is 9.88 Å². The maximum absolute atomic E-state index is 5.96. The van der Waals surface area contributed by atoms with Gasteiger partial charge >= 0.3 is 0 Å². The Morgan fingerprint density at radius 3 is 3.06 bits per heavy atom. The molecule has 1 aromatic heterocycles. The van der Waals surface area contributed by atoms with Crippen molar-refractivity contribution in [1.82, 2.24) is 9.88 Å². The number of likely N-dealkylation sites (tertiary alicyclic amines) is 1. The maximum atomic E-state index is 5.96. The van der Waals surface area contributed by atoms with E-state index in [2.05, 4.69) is 9.88 Å². The highest BCUT2D eigenvalue weighted by atomic mass is 16.5. The largest absolute Gasteiger partial charge is 0.492 e. The topological polar surface area (TPSA) is 51.4 Å². The van der Waals surface area contributed by atoms with E-state index in [-0.39, 0.29) is 0 Å². The fourth-order valence-corrected chi connectivity index (χ4v) is 2.22. The Hall–Kier alpha value is -1.13. The minimum absolute atomic E-state index is 0.325. The molecule has 2 N–H and O–H groups in total. The van der Waals surface area contributed by atoms with E-state index < -0.39 is 0 Å². The van der Waals surface area contributed by atoms with Gasteiger partial charge in [0, 0.05) is 19.1 Å². The molecule has 4 heteroatoms. The molecule has 1 atom stereocenters. The highest BCUT2D eigenvalue weighted by molar-refractivity contribution is 5.19. The second kappa shape index (κ2) is 5.98. The number of aromatic nitrogens is 1. The van der Waals surface area contributed by atoms with E-state index in [1.807, 2.05) is 19.1 Å². The van der Waals surface area contributed by atoms with Crippen LogP contribution in [-0.2, 0) is 6.54 Å². The Labute approximate surface area is 103 Å². The summed E-state index contributed by atoms with van der Waals surface area (Å²) in [6, 6.07) is 4.34. The second-order valence-corrected chi connectivity index (χ2v) is 4.56. The summed E-state index contributed by atoms with van der Waals surface area (Å²) >= 11 is 0. The molecule has 1 aromatic rings. The van der Waals surface area contributed by atoms with Crippen molar-refractivity contribution in [3.63, 3.8) is 0 Å². The molecule has 4 nitrogen and oxygen atoms in total. The van der Waals surface area contributed by atoms with E-state index in [9.17, 15) is 0 Å². The van der Waals surface area contributed by atoms with Crippen molar-refractivity contribution in [2.45, 2.75) is 32.4 Å². The van der Waals surface area contributed by atoms with Crippen LogP contribution in [0.25, 0.3) is 0 Å². The summed E-state index contributed by atoms with van der Waals surface area (Å²) < 4.78 is 5.37. The molecule has 0 radical (unpaired) electrons. The molecule has 1 aliphatic heterocycles. The Kier molecular flexibility index (Phi) is 4.34. The lowest BCUT2D eigenvalue weighted by Crippen LogP contribution is -2.42. The summed E-state index contributed by atoms with van der Waals surface area (Å²) in [6.45, 7) is 5.66. The minimum atomic E-state index is 0.325. The fraction of sp³-hybridized carbons (Fsp3) is 0.615. The molecule has 0 saturated carbocycles. The Morgan fingerprint density at radius 2 is 2.41 bits per heavy atom. The molecule has 2 rings (SSSR count). The summed E-state index contributed by atoms with van der Waals surface area (Å²) in [7, 11) is 0. The van der Waals surface area contributed by atoms with Crippen molar-refractivity contribution in [2.24, 2.45) is 5.73 Å². The van der Waals surface area contributed by atoms with Crippen molar-refractivity contribution in [3.8, 4) is 5.75 Å². The number of nitrogens with zero attached hydrogens (tertiary/aromatic N) is 2. The molecule has 1 aliphatic rings. The first-order chi connectivity index (χ1) is 8.28. The zero-order valence-electron chi connectivity index (χ0n) is 10.4. The van der Waals surface area contributed by atoms with Crippen molar-refractivity contribution < 1.29 is 4.74 Å². The van der Waals surface area contributed by atoms with Crippen molar-refractivity contribution in [1.29, 1.82) is 0 Å². The minimum Gasteiger partial charge on any atom is -0.492 e. The van der Waals surface area contributed by atoms with Crippen LogP contribution >= 0.6 is 0 Å². The zero-order valence-corrected chi connectivity index (χ0v) is 10.4. The van der Waals surface area contributed by atoms with Gasteiger partial charge in [-0.15, -0.1) is 0 Å². The zero-order chi connectivity index (χ0) is 12.1. The van der Waals surface area contributed by atoms with Gasteiger partial charge in [-0.05, 0) is 38.4 Å². The van der Waals surface area contributed by atoms with E-state index in [1.165, 1.54) is 6.42 Å². The van der Waals surface area contributed by atoms with Gasteiger partial charge in [0.25, 0.3) is 0 Å². The number of pyridine rings is 1. The number of piperidine rings is 1. The van der Waals surface area contributed by atoms with Crippen LogP contribution in [0.5, 0.6) is 5.75 Å². The average Bonchev–Trinajstić information content (AvgIpc) is 2.32. The molecule has 0 bridgehead atoms. The fourth-order valence-electron chi connectivity index (χ4n) is 2.22. The third-order valence-corrected chi connectivity index (χ3v) is 3.04. The lowest BCUT2D eigenvalue weighted by Gasteiger charge is -2.30. The van der Waals surface area contributed by atoms with Crippen LogP contribution in [-0.4, -0.2) is 35.6 Å². The van der Waals surface area contributed by atoms with Gasteiger partial charge in [-0.2, -0.15) is 0 Å². The third-order valence-electron chi connectivity index (χ3n) is 3.04. The first kappa shape index (κ1) is 12.3. The van der Waals surface area contributed by atoms with E-state index in [0.717, 1.165) is 37.5 Å². The third kappa shape index (κ3) is 3.68. The molecule has 1 saturated heterocycles. The number of rotatable bonds is 4. The van der Waals surface area contributed by atoms with Gasteiger partial charge in [0.05, 0.1) is 18.5 Å². The van der Waals surface area contributed by atoms with E-state index >= 15 is 0 Å². The highest BCUT2D eigenvalue weighted by Gasteiger charge is 2.16. The number of hydrogen-bond donors (Lipinski definition) is 1. The van der Waals surface area contributed by atoms with Gasteiger partial charge in [-0.25, -0.2) is 0 Å². The second-order valence-electron chi connectivity index (χ2n) is 4.56. The highest BCUT2D eigenvalue weighted by Crippen LogP contribution is 2.13. The van der Waals surface area contributed by atoms with Gasteiger partial charge in [0.15, 0.2) is 0 Å². The monoisotopic (exact) mass is 235 g/mol. The summed E-state index contributed by atoms with van der Waals surface area (Å²) in [5.74, 6) is 0.839. The smallest absolute Gasteiger partial charge is 0.137 e. The van der Waals surface area contributed by atoms with Crippen LogP contribution in [0.15, 0.2) is 18.3 Å². The number of nitrogens with two attached hydrogens (primary N) is 1. The van der Waals surface area contributed by atoms with Gasteiger partial charge in [-0.1, -0.05) is 0 Å². The van der Waals surface area contributed by atoms with Crippen LogP contribution in [0.1, 0.15) is 25.5 Å². The molecule has 0 amide bonds. The lowest BCUT2D eigenvalue weighted by atomic mass is 10.1. The first-order valence-corrected chi connectivity index (χ1v) is 6.33. The molecule has 0 spiro atoms. The SMILES string of the molecule is CCOc1ccc(CN2CCCC(N)C2)nc1. The van der Waals surface area contributed by atoms with E-state index in [1.54, 1.807) is 6.20 Å². The van der Waals surface area contributed by atoms with Crippen LogP contribution in [0.2, 0.25) is 0 Å². The Morgan fingerprint density at radius 1 is 1.53 bits per heavy atom. The van der Waals surface area contributed by atoms with E-state index in [4.69, 9.17) is 10.5 Å².